The van der Waals surface area contributed by atoms with Crippen molar-refractivity contribution in [2.75, 3.05) is 0 Å². The number of nitrogens with zero attached hydrogens (tertiary/aromatic N) is 2. The number of carbonyl (C=O) groups is 1. The van der Waals surface area contributed by atoms with Gasteiger partial charge in [0.1, 0.15) is 17.4 Å². The van der Waals surface area contributed by atoms with Crippen LogP contribution < -0.4 is 0 Å². The van der Waals surface area contributed by atoms with Crippen LogP contribution in [0.4, 0.5) is 0 Å². The Hall–Kier alpha value is -3.06. The Morgan fingerprint density at radius 2 is 1.87 bits per heavy atom. The standard InChI is InChI=1S/C23H13Cl2N3O2S/c24-14-6-8-16(18(25)10-14)20-9-7-15(30-20)11-17-21(26)28-19(13-4-2-1-3-5-13)12-31-23(28)27-22(17)29/h1-12,26H/b17-11+,26-21?. The smallest absolute Gasteiger partial charge is 0.283 e. The van der Waals surface area contributed by atoms with Crippen molar-refractivity contribution in [2.24, 2.45) is 4.99 Å². The molecule has 8 heteroatoms. The molecule has 1 aromatic heterocycles. The van der Waals surface area contributed by atoms with Crippen LogP contribution in [0.5, 0.6) is 0 Å². The lowest BCUT2D eigenvalue weighted by Gasteiger charge is -2.26. The normalized spacial score (nSPS) is 17.1. The highest BCUT2D eigenvalue weighted by molar-refractivity contribution is 8.17. The maximum Gasteiger partial charge on any atom is 0.283 e. The van der Waals surface area contributed by atoms with Gasteiger partial charge in [0, 0.05) is 16.0 Å². The molecular weight excluding hydrogens is 453 g/mol. The number of rotatable bonds is 3. The average Bonchev–Trinajstić information content (AvgIpc) is 3.39. The van der Waals surface area contributed by atoms with E-state index in [1.165, 1.54) is 17.8 Å². The predicted octanol–water partition coefficient (Wildman–Crippen LogP) is 6.56. The molecule has 5 nitrogen and oxygen atoms in total. The molecule has 0 fully saturated rings. The fraction of sp³-hybridized carbons (Fsp3) is 0. The molecule has 152 valence electrons. The Kier molecular flexibility index (Phi) is 5.06. The summed E-state index contributed by atoms with van der Waals surface area (Å²) in [6.07, 6.45) is 1.53. The monoisotopic (exact) mass is 465 g/mol. The minimum absolute atomic E-state index is 0.0533. The third kappa shape index (κ3) is 3.63. The van der Waals surface area contributed by atoms with E-state index in [1.807, 2.05) is 35.7 Å². The molecule has 0 bridgehead atoms. The van der Waals surface area contributed by atoms with Crippen LogP contribution in [-0.4, -0.2) is 21.8 Å². The Morgan fingerprint density at radius 1 is 1.06 bits per heavy atom. The average molecular weight is 466 g/mol. The number of amidine groups is 2. The predicted molar refractivity (Wildman–Crippen MR) is 126 cm³/mol. The maximum absolute atomic E-state index is 12.6. The van der Waals surface area contributed by atoms with E-state index < -0.39 is 5.91 Å². The summed E-state index contributed by atoms with van der Waals surface area (Å²) >= 11 is 13.6. The van der Waals surface area contributed by atoms with Crippen molar-refractivity contribution < 1.29 is 9.21 Å². The van der Waals surface area contributed by atoms with E-state index in [-0.39, 0.29) is 11.4 Å². The van der Waals surface area contributed by atoms with E-state index in [2.05, 4.69) is 4.99 Å². The molecule has 0 atom stereocenters. The van der Waals surface area contributed by atoms with Gasteiger partial charge in [-0.3, -0.25) is 15.1 Å². The van der Waals surface area contributed by atoms with Crippen molar-refractivity contribution in [3.8, 4) is 11.3 Å². The number of aliphatic imine (C=N–C) groups is 1. The number of hydrogen-bond donors (Lipinski definition) is 1. The van der Waals surface area contributed by atoms with Gasteiger partial charge in [0.2, 0.25) is 0 Å². The quantitative estimate of drug-likeness (QED) is 0.444. The number of benzene rings is 2. The summed E-state index contributed by atoms with van der Waals surface area (Å²) in [5.41, 5.74) is 2.58. The SMILES string of the molecule is N=C1/C(=C\c2ccc(-c3ccc(Cl)cc3Cl)o2)C(=O)N=C2SC=C(c3ccccc3)N12. The molecule has 1 N–H and O–H groups in total. The molecule has 0 spiro atoms. The lowest BCUT2D eigenvalue weighted by molar-refractivity contribution is -0.114. The first kappa shape index (κ1) is 19.9. The molecule has 5 rings (SSSR count). The lowest BCUT2D eigenvalue weighted by Crippen LogP contribution is -2.37. The van der Waals surface area contributed by atoms with Crippen LogP contribution >= 0.6 is 35.0 Å². The van der Waals surface area contributed by atoms with Crippen molar-refractivity contribution in [1.82, 2.24) is 4.90 Å². The number of carbonyl (C=O) groups excluding carboxylic acids is 1. The number of thioether (sulfide) groups is 1. The first-order valence-electron chi connectivity index (χ1n) is 9.22. The van der Waals surface area contributed by atoms with Gasteiger partial charge in [-0.1, -0.05) is 65.3 Å². The first-order valence-corrected chi connectivity index (χ1v) is 10.9. The van der Waals surface area contributed by atoms with E-state index >= 15 is 0 Å². The van der Waals surface area contributed by atoms with Crippen molar-refractivity contribution in [1.29, 1.82) is 5.41 Å². The molecule has 3 heterocycles. The minimum Gasteiger partial charge on any atom is -0.457 e. The number of amides is 1. The fourth-order valence-corrected chi connectivity index (χ4v) is 4.71. The van der Waals surface area contributed by atoms with Gasteiger partial charge in [0.05, 0.1) is 16.3 Å². The summed E-state index contributed by atoms with van der Waals surface area (Å²) in [5.74, 6) is 0.533. The number of fused-ring (bicyclic) bond motifs is 1. The van der Waals surface area contributed by atoms with Crippen LogP contribution in [0.3, 0.4) is 0 Å². The minimum atomic E-state index is -0.478. The van der Waals surface area contributed by atoms with Crippen molar-refractivity contribution in [2.45, 2.75) is 0 Å². The molecule has 0 saturated carbocycles. The summed E-state index contributed by atoms with van der Waals surface area (Å²) < 4.78 is 5.87. The van der Waals surface area contributed by atoms with Gasteiger partial charge in [0.15, 0.2) is 5.17 Å². The van der Waals surface area contributed by atoms with Crippen LogP contribution in [0.15, 0.2) is 81.1 Å². The number of hydrogen-bond acceptors (Lipinski definition) is 4. The number of furan rings is 1. The summed E-state index contributed by atoms with van der Waals surface area (Å²) in [6.45, 7) is 0. The molecule has 2 aromatic carbocycles. The van der Waals surface area contributed by atoms with Gasteiger partial charge in [0.25, 0.3) is 5.91 Å². The van der Waals surface area contributed by atoms with Crippen LogP contribution in [0, 0.1) is 5.41 Å². The van der Waals surface area contributed by atoms with Gasteiger partial charge in [-0.2, -0.15) is 4.99 Å². The van der Waals surface area contributed by atoms with E-state index in [4.69, 9.17) is 33.0 Å². The Morgan fingerprint density at radius 3 is 2.65 bits per heavy atom. The summed E-state index contributed by atoms with van der Waals surface area (Å²) in [6, 6.07) is 18.3. The fourth-order valence-electron chi connectivity index (χ4n) is 3.32. The molecule has 2 aliphatic heterocycles. The molecule has 1 amide bonds. The van der Waals surface area contributed by atoms with Crippen LogP contribution in [0.25, 0.3) is 23.1 Å². The van der Waals surface area contributed by atoms with Crippen molar-refractivity contribution >= 4 is 63.6 Å². The highest BCUT2D eigenvalue weighted by Gasteiger charge is 2.36. The van der Waals surface area contributed by atoms with E-state index in [0.717, 1.165) is 11.3 Å². The molecule has 0 saturated heterocycles. The lowest BCUT2D eigenvalue weighted by atomic mass is 10.1. The molecule has 2 aliphatic rings. The number of nitrogens with one attached hydrogen (secondary N) is 1. The summed E-state index contributed by atoms with van der Waals surface area (Å²) in [5, 5.41) is 12.0. The molecule has 3 aromatic rings. The highest BCUT2D eigenvalue weighted by atomic mass is 35.5. The maximum atomic E-state index is 12.6. The van der Waals surface area contributed by atoms with Gasteiger partial charge >= 0.3 is 0 Å². The van der Waals surface area contributed by atoms with Crippen LogP contribution in [0.2, 0.25) is 10.0 Å². The van der Waals surface area contributed by atoms with Gasteiger partial charge in [-0.15, -0.1) is 0 Å². The van der Waals surface area contributed by atoms with Crippen molar-refractivity contribution in [3.05, 3.63) is 93.0 Å². The first-order chi connectivity index (χ1) is 15.0. The number of halogens is 2. The second-order valence-electron chi connectivity index (χ2n) is 6.75. The zero-order valence-electron chi connectivity index (χ0n) is 15.8. The van der Waals surface area contributed by atoms with Gasteiger partial charge in [-0.25, -0.2) is 0 Å². The second kappa shape index (κ2) is 7.89. The van der Waals surface area contributed by atoms with Crippen molar-refractivity contribution in [3.63, 3.8) is 0 Å². The largest absolute Gasteiger partial charge is 0.457 e. The molecule has 31 heavy (non-hydrogen) atoms. The Bertz CT molecular complexity index is 1330. The van der Waals surface area contributed by atoms with E-state index in [0.29, 0.717) is 32.3 Å². The molecule has 0 aliphatic carbocycles. The molecular formula is C23H13Cl2N3O2S. The zero-order valence-corrected chi connectivity index (χ0v) is 18.1. The summed E-state index contributed by atoms with van der Waals surface area (Å²) in [4.78, 5) is 18.5. The van der Waals surface area contributed by atoms with Gasteiger partial charge < -0.3 is 4.42 Å². The molecule has 0 radical (unpaired) electrons. The summed E-state index contributed by atoms with van der Waals surface area (Å²) in [7, 11) is 0. The Balaban J connectivity index is 1.49. The topological polar surface area (TPSA) is 69.7 Å². The van der Waals surface area contributed by atoms with E-state index in [9.17, 15) is 4.79 Å². The highest BCUT2D eigenvalue weighted by Crippen LogP contribution is 2.38. The third-order valence-corrected chi connectivity index (χ3v) is 6.17. The second-order valence-corrected chi connectivity index (χ2v) is 8.43. The van der Waals surface area contributed by atoms with E-state index in [1.54, 1.807) is 35.2 Å². The Labute approximate surface area is 192 Å². The third-order valence-electron chi connectivity index (χ3n) is 4.79. The van der Waals surface area contributed by atoms with Gasteiger partial charge in [-0.05, 0) is 42.0 Å². The zero-order chi connectivity index (χ0) is 21.5. The van der Waals surface area contributed by atoms with Crippen LogP contribution in [0.1, 0.15) is 11.3 Å². The molecule has 0 unspecified atom stereocenters. The van der Waals surface area contributed by atoms with Crippen LogP contribution in [-0.2, 0) is 4.79 Å².